The van der Waals surface area contributed by atoms with Crippen molar-refractivity contribution in [1.82, 2.24) is 10.2 Å². The van der Waals surface area contributed by atoms with Gasteiger partial charge in [-0.15, -0.1) is 0 Å². The van der Waals surface area contributed by atoms with Gasteiger partial charge in [-0.05, 0) is 6.07 Å². The highest BCUT2D eigenvalue weighted by atomic mass is 19.1. The molecule has 1 aliphatic rings. The lowest BCUT2D eigenvalue weighted by Gasteiger charge is -2.43. The lowest BCUT2D eigenvalue weighted by atomic mass is 9.79. The summed E-state index contributed by atoms with van der Waals surface area (Å²) in [7, 11) is 1.55. The fourth-order valence-electron chi connectivity index (χ4n) is 3.05. The van der Waals surface area contributed by atoms with Crippen molar-refractivity contribution < 1.29 is 14.2 Å². The predicted molar refractivity (Wildman–Crippen MR) is 81.0 cm³/mol. The number of hydrogen-bond acceptors (Lipinski definition) is 4. The summed E-state index contributed by atoms with van der Waals surface area (Å²) in [5.41, 5.74) is 0.586. The molecule has 0 unspecified atom stereocenters. The van der Waals surface area contributed by atoms with Crippen LogP contribution in [0.15, 0.2) is 18.2 Å². The summed E-state index contributed by atoms with van der Waals surface area (Å²) in [6.45, 7) is 7.75. The zero-order valence-electron chi connectivity index (χ0n) is 13.0. The molecule has 0 aromatic heterocycles. The largest absolute Gasteiger partial charge is 0.496 e. The molecule has 1 aromatic carbocycles. The third kappa shape index (κ3) is 3.54. The van der Waals surface area contributed by atoms with Crippen molar-refractivity contribution in [2.45, 2.75) is 19.9 Å². The molecule has 1 atom stereocenters. The second-order valence-corrected chi connectivity index (χ2v) is 6.22. The van der Waals surface area contributed by atoms with Crippen LogP contribution in [0.4, 0.5) is 4.39 Å². The molecule has 2 N–H and O–H groups in total. The predicted octanol–water partition coefficient (Wildman–Crippen LogP) is 1.80. The molecule has 0 spiro atoms. The van der Waals surface area contributed by atoms with Crippen LogP contribution in [0.2, 0.25) is 0 Å². The molecule has 1 saturated heterocycles. The Hall–Kier alpha value is -1.17. The zero-order chi connectivity index (χ0) is 15.5. The van der Waals surface area contributed by atoms with Crippen LogP contribution in [0.25, 0.3) is 0 Å². The Labute approximate surface area is 125 Å². The summed E-state index contributed by atoms with van der Waals surface area (Å²) in [4.78, 5) is 2.34. The molecule has 1 heterocycles. The molecule has 4 nitrogen and oxygen atoms in total. The second kappa shape index (κ2) is 6.73. The van der Waals surface area contributed by atoms with Gasteiger partial charge in [-0.1, -0.05) is 19.9 Å². The normalized spacial score (nSPS) is 18.5. The van der Waals surface area contributed by atoms with Crippen LogP contribution in [0.1, 0.15) is 25.5 Å². The van der Waals surface area contributed by atoms with Crippen molar-refractivity contribution in [2.75, 3.05) is 39.9 Å². The maximum Gasteiger partial charge on any atom is 0.126 e. The smallest absolute Gasteiger partial charge is 0.126 e. The molecule has 118 valence electrons. The molecule has 0 amide bonds. The first-order valence-corrected chi connectivity index (χ1v) is 7.38. The number of aliphatic hydroxyl groups excluding tert-OH is 1. The maximum atomic E-state index is 13.5. The Bertz CT molecular complexity index is 473. The van der Waals surface area contributed by atoms with Crippen LogP contribution in [-0.4, -0.2) is 49.9 Å². The number of hydrogen-bond donors (Lipinski definition) is 2. The molecule has 0 radical (unpaired) electrons. The molecule has 0 bridgehead atoms. The second-order valence-electron chi connectivity index (χ2n) is 6.22. The van der Waals surface area contributed by atoms with E-state index >= 15 is 0 Å². The molecule has 1 fully saturated rings. The highest BCUT2D eigenvalue weighted by Crippen LogP contribution is 2.42. The third-order valence-electron chi connectivity index (χ3n) is 4.15. The van der Waals surface area contributed by atoms with E-state index in [4.69, 9.17) is 4.74 Å². The first kappa shape index (κ1) is 16.2. The van der Waals surface area contributed by atoms with E-state index in [0.29, 0.717) is 5.75 Å². The molecule has 0 aliphatic carbocycles. The fraction of sp³-hybridized carbons (Fsp3) is 0.625. The number of aliphatic hydroxyl groups is 1. The monoisotopic (exact) mass is 296 g/mol. The Balaban J connectivity index is 2.43. The molecular formula is C16H25FN2O2. The van der Waals surface area contributed by atoms with Crippen molar-refractivity contribution >= 4 is 0 Å². The van der Waals surface area contributed by atoms with Gasteiger partial charge < -0.3 is 15.2 Å². The quantitative estimate of drug-likeness (QED) is 0.870. The number of methoxy groups -OCH3 is 1. The number of piperazine rings is 1. The highest BCUT2D eigenvalue weighted by molar-refractivity contribution is 5.37. The first-order chi connectivity index (χ1) is 9.99. The van der Waals surface area contributed by atoms with E-state index in [2.05, 4.69) is 10.2 Å². The minimum absolute atomic E-state index is 0.0138. The number of rotatable bonds is 5. The summed E-state index contributed by atoms with van der Waals surface area (Å²) in [6, 6.07) is 4.64. The Morgan fingerprint density at radius 1 is 1.38 bits per heavy atom. The van der Waals surface area contributed by atoms with E-state index < -0.39 is 0 Å². The van der Waals surface area contributed by atoms with Gasteiger partial charge >= 0.3 is 0 Å². The van der Waals surface area contributed by atoms with Gasteiger partial charge in [0.2, 0.25) is 0 Å². The number of halogens is 1. The summed E-state index contributed by atoms with van der Waals surface area (Å²) in [5, 5.41) is 13.2. The lowest BCUT2D eigenvalue weighted by Crippen LogP contribution is -2.49. The van der Waals surface area contributed by atoms with E-state index in [0.717, 1.165) is 31.7 Å². The lowest BCUT2D eigenvalue weighted by molar-refractivity contribution is 0.0292. The third-order valence-corrected chi connectivity index (χ3v) is 4.15. The maximum absolute atomic E-state index is 13.5. The summed E-state index contributed by atoms with van der Waals surface area (Å²) < 4.78 is 18.8. The van der Waals surface area contributed by atoms with Crippen molar-refractivity contribution in [2.24, 2.45) is 5.41 Å². The van der Waals surface area contributed by atoms with Crippen molar-refractivity contribution in [3.8, 4) is 5.75 Å². The minimum Gasteiger partial charge on any atom is -0.496 e. The van der Waals surface area contributed by atoms with E-state index in [1.165, 1.54) is 12.1 Å². The molecule has 21 heavy (non-hydrogen) atoms. The number of benzene rings is 1. The summed E-state index contributed by atoms with van der Waals surface area (Å²) in [6.07, 6.45) is 0. The van der Waals surface area contributed by atoms with Crippen molar-refractivity contribution in [3.05, 3.63) is 29.6 Å². The Morgan fingerprint density at radius 3 is 2.62 bits per heavy atom. The van der Waals surface area contributed by atoms with Gasteiger partial charge in [0, 0.05) is 55.9 Å². The average Bonchev–Trinajstić information content (AvgIpc) is 2.50. The highest BCUT2D eigenvalue weighted by Gasteiger charge is 2.37. The molecule has 1 aliphatic heterocycles. The average molecular weight is 296 g/mol. The SMILES string of the molecule is COc1cc(F)ccc1[C@H](N1CCNCC1)C(C)(C)CO. The van der Waals surface area contributed by atoms with Crippen LogP contribution in [0.5, 0.6) is 5.75 Å². The standard InChI is InChI=1S/C16H25FN2O2/c1-16(2,11-20)15(19-8-6-18-7-9-19)13-5-4-12(17)10-14(13)21-3/h4-5,10,15,18,20H,6-9,11H2,1-3H3/t15-/m0/s1. The van der Waals surface area contributed by atoms with Gasteiger partial charge in [-0.3, -0.25) is 4.90 Å². The van der Waals surface area contributed by atoms with E-state index in [9.17, 15) is 9.50 Å². The van der Waals surface area contributed by atoms with Gasteiger partial charge in [0.15, 0.2) is 0 Å². The van der Waals surface area contributed by atoms with E-state index in [-0.39, 0.29) is 23.9 Å². The van der Waals surface area contributed by atoms with Gasteiger partial charge in [0.1, 0.15) is 11.6 Å². The Morgan fingerprint density at radius 2 is 2.05 bits per heavy atom. The van der Waals surface area contributed by atoms with E-state index in [1.54, 1.807) is 13.2 Å². The number of nitrogens with zero attached hydrogens (tertiary/aromatic N) is 1. The van der Waals surface area contributed by atoms with Gasteiger partial charge in [0.05, 0.1) is 7.11 Å². The van der Waals surface area contributed by atoms with Crippen molar-refractivity contribution in [1.29, 1.82) is 0 Å². The van der Waals surface area contributed by atoms with Gasteiger partial charge in [-0.2, -0.15) is 0 Å². The zero-order valence-corrected chi connectivity index (χ0v) is 13.0. The fourth-order valence-corrected chi connectivity index (χ4v) is 3.05. The van der Waals surface area contributed by atoms with E-state index in [1.807, 2.05) is 13.8 Å². The Kier molecular flexibility index (Phi) is 5.19. The molecule has 5 heteroatoms. The molecule has 2 rings (SSSR count). The summed E-state index contributed by atoms with van der Waals surface area (Å²) in [5.74, 6) is 0.233. The first-order valence-electron chi connectivity index (χ1n) is 7.38. The van der Waals surface area contributed by atoms with Crippen LogP contribution >= 0.6 is 0 Å². The summed E-state index contributed by atoms with van der Waals surface area (Å²) >= 11 is 0. The van der Waals surface area contributed by atoms with Gasteiger partial charge in [-0.25, -0.2) is 4.39 Å². The van der Waals surface area contributed by atoms with Crippen LogP contribution in [0.3, 0.4) is 0 Å². The number of nitrogens with one attached hydrogen (secondary N) is 1. The van der Waals surface area contributed by atoms with Crippen LogP contribution in [-0.2, 0) is 0 Å². The molecule has 1 aromatic rings. The van der Waals surface area contributed by atoms with Crippen molar-refractivity contribution in [3.63, 3.8) is 0 Å². The minimum atomic E-state index is -0.345. The topological polar surface area (TPSA) is 44.7 Å². The molecule has 0 saturated carbocycles. The van der Waals surface area contributed by atoms with Crippen LogP contribution < -0.4 is 10.1 Å². The van der Waals surface area contributed by atoms with Crippen LogP contribution in [0, 0.1) is 11.2 Å². The van der Waals surface area contributed by atoms with Gasteiger partial charge in [0.25, 0.3) is 0 Å². The number of ether oxygens (including phenoxy) is 1. The molecular weight excluding hydrogens is 271 g/mol.